The van der Waals surface area contributed by atoms with Crippen LogP contribution in [0.15, 0.2) is 23.2 Å². The number of aryl methyl sites for hydroxylation is 2. The van der Waals surface area contributed by atoms with Crippen LogP contribution in [0, 0.1) is 19.8 Å². The molecule has 1 atom stereocenters. The van der Waals surface area contributed by atoms with Crippen molar-refractivity contribution in [2.45, 2.75) is 32.9 Å². The molecule has 1 unspecified atom stereocenters. The van der Waals surface area contributed by atoms with E-state index in [-0.39, 0.29) is 0 Å². The summed E-state index contributed by atoms with van der Waals surface area (Å²) in [6, 6.07) is 6.47. The fourth-order valence-electron chi connectivity index (χ4n) is 1.88. The number of amidine groups is 1. The van der Waals surface area contributed by atoms with Gasteiger partial charge in [0.05, 0.1) is 6.54 Å². The molecular formula is C14H20N2S. The lowest BCUT2D eigenvalue weighted by Gasteiger charge is -2.13. The van der Waals surface area contributed by atoms with Crippen molar-refractivity contribution in [2.75, 3.05) is 11.9 Å². The van der Waals surface area contributed by atoms with E-state index in [4.69, 9.17) is 0 Å². The van der Waals surface area contributed by atoms with Crippen LogP contribution in [-0.2, 0) is 0 Å². The number of hydrogen-bond donors (Lipinski definition) is 1. The van der Waals surface area contributed by atoms with E-state index >= 15 is 0 Å². The standard InChI is InChI=1S/C14H20N2S/c1-9(2)13-8-15-14(17-13)16-12-6-5-10(3)7-11(12)4/h5-7,9,13H,8H2,1-4H3,(H,15,16). The number of aliphatic imine (C=N–C) groups is 1. The van der Waals surface area contributed by atoms with Crippen molar-refractivity contribution in [1.82, 2.24) is 0 Å². The molecule has 0 fully saturated rings. The zero-order valence-corrected chi connectivity index (χ0v) is 11.8. The Morgan fingerprint density at radius 1 is 1.35 bits per heavy atom. The van der Waals surface area contributed by atoms with Gasteiger partial charge in [0.1, 0.15) is 0 Å². The lowest BCUT2D eigenvalue weighted by atomic mass is 10.1. The molecule has 2 nitrogen and oxygen atoms in total. The molecule has 1 aliphatic heterocycles. The van der Waals surface area contributed by atoms with Crippen molar-refractivity contribution >= 4 is 22.6 Å². The molecule has 0 saturated heterocycles. The van der Waals surface area contributed by atoms with Crippen molar-refractivity contribution in [2.24, 2.45) is 10.9 Å². The minimum absolute atomic E-state index is 0.628. The second-order valence-corrected chi connectivity index (χ2v) is 6.22. The molecule has 1 aromatic carbocycles. The predicted octanol–water partition coefficient (Wildman–Crippen LogP) is 3.84. The normalized spacial score (nSPS) is 19.6. The molecule has 3 heteroatoms. The molecule has 1 aliphatic rings. The molecule has 0 saturated carbocycles. The van der Waals surface area contributed by atoms with Crippen molar-refractivity contribution in [3.05, 3.63) is 29.3 Å². The molecule has 17 heavy (non-hydrogen) atoms. The van der Waals surface area contributed by atoms with Crippen LogP contribution in [0.1, 0.15) is 25.0 Å². The van der Waals surface area contributed by atoms with E-state index in [1.54, 1.807) is 0 Å². The third kappa shape index (κ3) is 3.03. The highest BCUT2D eigenvalue weighted by molar-refractivity contribution is 8.15. The summed E-state index contributed by atoms with van der Waals surface area (Å²) in [6.45, 7) is 9.71. The zero-order chi connectivity index (χ0) is 12.4. The van der Waals surface area contributed by atoms with Gasteiger partial charge in [0.2, 0.25) is 0 Å². The molecule has 1 aromatic rings. The molecule has 1 heterocycles. The monoisotopic (exact) mass is 248 g/mol. The van der Waals surface area contributed by atoms with Crippen LogP contribution in [0.25, 0.3) is 0 Å². The molecule has 1 N–H and O–H groups in total. The van der Waals surface area contributed by atoms with Gasteiger partial charge in [-0.25, -0.2) is 0 Å². The van der Waals surface area contributed by atoms with E-state index < -0.39 is 0 Å². The third-order valence-corrected chi connectivity index (χ3v) is 4.50. The highest BCUT2D eigenvalue weighted by Crippen LogP contribution is 2.28. The SMILES string of the molecule is Cc1ccc(NC2=NCC(C(C)C)S2)c(C)c1. The molecular weight excluding hydrogens is 228 g/mol. The number of hydrogen-bond acceptors (Lipinski definition) is 3. The lowest BCUT2D eigenvalue weighted by Crippen LogP contribution is -2.13. The number of benzene rings is 1. The van der Waals surface area contributed by atoms with Crippen molar-refractivity contribution in [1.29, 1.82) is 0 Å². The van der Waals surface area contributed by atoms with Gasteiger partial charge in [-0.1, -0.05) is 43.3 Å². The Balaban J connectivity index is 2.03. The van der Waals surface area contributed by atoms with Gasteiger partial charge in [0.25, 0.3) is 0 Å². The third-order valence-electron chi connectivity index (χ3n) is 3.04. The maximum Gasteiger partial charge on any atom is 0.161 e. The quantitative estimate of drug-likeness (QED) is 0.860. The molecule has 0 radical (unpaired) electrons. The van der Waals surface area contributed by atoms with Gasteiger partial charge in [-0.05, 0) is 31.4 Å². The van der Waals surface area contributed by atoms with Crippen LogP contribution < -0.4 is 5.32 Å². The molecule has 0 aromatic heterocycles. The Kier molecular flexibility index (Phi) is 3.77. The minimum atomic E-state index is 0.628. The molecule has 0 amide bonds. The Labute approximate surface area is 108 Å². The number of thioether (sulfide) groups is 1. The molecule has 0 aliphatic carbocycles. The van der Waals surface area contributed by atoms with E-state index in [0.29, 0.717) is 11.2 Å². The van der Waals surface area contributed by atoms with Crippen molar-refractivity contribution in [3.63, 3.8) is 0 Å². The van der Waals surface area contributed by atoms with Crippen LogP contribution in [0.4, 0.5) is 5.69 Å². The van der Waals surface area contributed by atoms with E-state index in [1.807, 2.05) is 11.8 Å². The molecule has 0 bridgehead atoms. The van der Waals surface area contributed by atoms with Gasteiger partial charge in [0.15, 0.2) is 5.17 Å². The van der Waals surface area contributed by atoms with Crippen molar-refractivity contribution in [3.8, 4) is 0 Å². The maximum atomic E-state index is 4.57. The van der Waals surface area contributed by atoms with E-state index in [9.17, 15) is 0 Å². The van der Waals surface area contributed by atoms with E-state index in [0.717, 1.165) is 11.7 Å². The van der Waals surface area contributed by atoms with Crippen molar-refractivity contribution < 1.29 is 0 Å². The predicted molar refractivity (Wildman–Crippen MR) is 78.1 cm³/mol. The molecule has 2 rings (SSSR count). The average Bonchev–Trinajstić information content (AvgIpc) is 2.71. The first-order chi connectivity index (χ1) is 8.06. The largest absolute Gasteiger partial charge is 0.335 e. The Morgan fingerprint density at radius 2 is 2.12 bits per heavy atom. The first kappa shape index (κ1) is 12.5. The van der Waals surface area contributed by atoms with Gasteiger partial charge >= 0.3 is 0 Å². The fraction of sp³-hybridized carbons (Fsp3) is 0.500. The molecule has 92 valence electrons. The number of nitrogens with zero attached hydrogens (tertiary/aromatic N) is 1. The smallest absolute Gasteiger partial charge is 0.161 e. The van der Waals surface area contributed by atoms with E-state index in [1.165, 1.54) is 16.8 Å². The van der Waals surface area contributed by atoms with Crippen LogP contribution in [0.3, 0.4) is 0 Å². The Hall–Kier alpha value is -0.960. The second-order valence-electron chi connectivity index (χ2n) is 4.99. The van der Waals surface area contributed by atoms with Crippen LogP contribution in [0.5, 0.6) is 0 Å². The van der Waals surface area contributed by atoms with Crippen LogP contribution in [0.2, 0.25) is 0 Å². The topological polar surface area (TPSA) is 24.4 Å². The summed E-state index contributed by atoms with van der Waals surface area (Å²) in [6.07, 6.45) is 0. The minimum Gasteiger partial charge on any atom is -0.335 e. The van der Waals surface area contributed by atoms with Gasteiger partial charge < -0.3 is 5.32 Å². The maximum absolute atomic E-state index is 4.57. The second kappa shape index (κ2) is 5.13. The van der Waals surface area contributed by atoms with Gasteiger partial charge in [-0.2, -0.15) is 0 Å². The summed E-state index contributed by atoms with van der Waals surface area (Å²) in [5.74, 6) is 0.683. The van der Waals surface area contributed by atoms with Gasteiger partial charge in [-0.3, -0.25) is 4.99 Å². The zero-order valence-electron chi connectivity index (χ0n) is 10.9. The number of nitrogens with one attached hydrogen (secondary N) is 1. The highest BCUT2D eigenvalue weighted by Gasteiger charge is 2.22. The lowest BCUT2D eigenvalue weighted by molar-refractivity contribution is 0.621. The summed E-state index contributed by atoms with van der Waals surface area (Å²) in [5, 5.41) is 5.13. The van der Waals surface area contributed by atoms with E-state index in [2.05, 4.69) is 56.2 Å². The first-order valence-corrected chi connectivity index (χ1v) is 6.99. The van der Waals surface area contributed by atoms with Crippen LogP contribution >= 0.6 is 11.8 Å². The van der Waals surface area contributed by atoms with Gasteiger partial charge in [-0.15, -0.1) is 0 Å². The first-order valence-electron chi connectivity index (χ1n) is 6.11. The molecule has 0 spiro atoms. The Bertz CT molecular complexity index is 438. The fourth-order valence-corrected chi connectivity index (χ4v) is 2.90. The number of anilines is 1. The summed E-state index contributed by atoms with van der Waals surface area (Å²) in [7, 11) is 0. The average molecular weight is 248 g/mol. The summed E-state index contributed by atoms with van der Waals surface area (Å²) >= 11 is 1.87. The summed E-state index contributed by atoms with van der Waals surface area (Å²) < 4.78 is 0. The summed E-state index contributed by atoms with van der Waals surface area (Å²) in [4.78, 5) is 4.57. The van der Waals surface area contributed by atoms with Gasteiger partial charge in [0, 0.05) is 10.9 Å². The van der Waals surface area contributed by atoms with Crippen LogP contribution in [-0.4, -0.2) is 17.0 Å². The summed E-state index contributed by atoms with van der Waals surface area (Å²) in [5.41, 5.74) is 3.75. The number of rotatable bonds is 2. The Morgan fingerprint density at radius 3 is 2.71 bits per heavy atom. The highest BCUT2D eigenvalue weighted by atomic mass is 32.2.